The molecule has 0 fully saturated rings. The molecule has 1 aromatic rings. The molecule has 0 aliphatic heterocycles. The van der Waals surface area contributed by atoms with Crippen molar-refractivity contribution >= 4 is 11.8 Å². The lowest BCUT2D eigenvalue weighted by atomic mass is 10.1. The lowest BCUT2D eigenvalue weighted by molar-refractivity contribution is 0.545. The highest BCUT2D eigenvalue weighted by molar-refractivity contribution is 5.44. The zero-order valence-corrected chi connectivity index (χ0v) is 11.6. The summed E-state index contributed by atoms with van der Waals surface area (Å²) in [5.41, 5.74) is 1.00. The summed E-state index contributed by atoms with van der Waals surface area (Å²) < 4.78 is 0. The van der Waals surface area contributed by atoms with Crippen molar-refractivity contribution in [3.05, 3.63) is 11.8 Å². The Morgan fingerprint density at radius 3 is 2.59 bits per heavy atom. The molecular weight excluding hydrogens is 212 g/mol. The largest absolute Gasteiger partial charge is 0.357 e. The van der Waals surface area contributed by atoms with Crippen molar-refractivity contribution in [3.8, 4) is 0 Å². The molecular formula is C13H24N4. The Morgan fingerprint density at radius 2 is 2.06 bits per heavy atom. The molecule has 0 saturated heterocycles. The van der Waals surface area contributed by atoms with E-state index in [4.69, 9.17) is 0 Å². The number of hydrogen-bond donors (Lipinski definition) is 1. The van der Waals surface area contributed by atoms with Crippen LogP contribution in [0.15, 0.2) is 6.07 Å². The molecule has 1 unspecified atom stereocenters. The van der Waals surface area contributed by atoms with Crippen molar-refractivity contribution in [3.63, 3.8) is 0 Å². The van der Waals surface area contributed by atoms with Crippen LogP contribution < -0.4 is 10.2 Å². The third-order valence-electron chi connectivity index (χ3n) is 3.00. The maximum Gasteiger partial charge on any atom is 0.224 e. The van der Waals surface area contributed by atoms with Crippen LogP contribution in [0.1, 0.15) is 32.9 Å². The van der Waals surface area contributed by atoms with E-state index in [1.54, 1.807) is 0 Å². The van der Waals surface area contributed by atoms with E-state index in [9.17, 15) is 0 Å². The van der Waals surface area contributed by atoms with Gasteiger partial charge in [-0.2, -0.15) is 4.98 Å². The second-order valence-electron chi connectivity index (χ2n) is 4.49. The second kappa shape index (κ2) is 6.42. The second-order valence-corrected chi connectivity index (χ2v) is 4.49. The Bertz CT molecular complexity index is 351. The first kappa shape index (κ1) is 13.7. The number of nitrogens with one attached hydrogen (secondary N) is 1. The van der Waals surface area contributed by atoms with Crippen LogP contribution >= 0.6 is 0 Å². The molecule has 1 N–H and O–H groups in total. The van der Waals surface area contributed by atoms with Gasteiger partial charge in [-0.1, -0.05) is 20.3 Å². The van der Waals surface area contributed by atoms with E-state index >= 15 is 0 Å². The van der Waals surface area contributed by atoms with Crippen LogP contribution in [0.25, 0.3) is 0 Å². The Labute approximate surface area is 104 Å². The summed E-state index contributed by atoms with van der Waals surface area (Å²) in [6.07, 6.45) is 1.19. The molecule has 0 saturated carbocycles. The molecule has 1 rings (SSSR count). The van der Waals surface area contributed by atoms with E-state index in [2.05, 4.69) is 41.0 Å². The van der Waals surface area contributed by atoms with Crippen LogP contribution in [0.3, 0.4) is 0 Å². The predicted molar refractivity (Wildman–Crippen MR) is 73.7 cm³/mol. The fraction of sp³-hybridized carbons (Fsp3) is 0.692. The van der Waals surface area contributed by atoms with Gasteiger partial charge in [0.1, 0.15) is 5.82 Å². The molecule has 0 bridgehead atoms. The van der Waals surface area contributed by atoms with Gasteiger partial charge in [0.15, 0.2) is 0 Å². The van der Waals surface area contributed by atoms with E-state index in [1.807, 2.05) is 20.0 Å². The maximum absolute atomic E-state index is 4.51. The Morgan fingerprint density at radius 1 is 1.35 bits per heavy atom. The zero-order chi connectivity index (χ0) is 12.8. The molecule has 0 aliphatic rings. The van der Waals surface area contributed by atoms with Crippen molar-refractivity contribution in [2.75, 3.05) is 30.4 Å². The standard InChI is InChI=1S/C13H24N4/c1-6-10(3)9-17(7-2)12-8-11(4)15-13(14-5)16-12/h8,10H,6-7,9H2,1-5H3,(H,14,15,16). The van der Waals surface area contributed by atoms with Gasteiger partial charge < -0.3 is 10.2 Å². The van der Waals surface area contributed by atoms with E-state index in [0.29, 0.717) is 11.9 Å². The number of aromatic nitrogens is 2. The van der Waals surface area contributed by atoms with Crippen molar-refractivity contribution in [2.45, 2.75) is 34.1 Å². The first-order chi connectivity index (χ1) is 8.10. The Hall–Kier alpha value is -1.32. The zero-order valence-electron chi connectivity index (χ0n) is 11.6. The summed E-state index contributed by atoms with van der Waals surface area (Å²) in [6.45, 7) is 10.7. The molecule has 4 nitrogen and oxygen atoms in total. The number of anilines is 2. The SMILES string of the molecule is CCC(C)CN(CC)c1cc(C)nc(NC)n1. The van der Waals surface area contributed by atoms with Crippen LogP contribution in [-0.2, 0) is 0 Å². The van der Waals surface area contributed by atoms with Crippen molar-refractivity contribution in [1.29, 1.82) is 0 Å². The minimum Gasteiger partial charge on any atom is -0.357 e. The molecule has 17 heavy (non-hydrogen) atoms. The maximum atomic E-state index is 4.51. The van der Waals surface area contributed by atoms with Gasteiger partial charge in [-0.3, -0.25) is 0 Å². The highest BCUT2D eigenvalue weighted by atomic mass is 15.2. The van der Waals surface area contributed by atoms with E-state index in [-0.39, 0.29) is 0 Å². The summed E-state index contributed by atoms with van der Waals surface area (Å²) >= 11 is 0. The van der Waals surface area contributed by atoms with Crippen LogP contribution in [0.2, 0.25) is 0 Å². The lowest BCUT2D eigenvalue weighted by Gasteiger charge is -2.25. The van der Waals surface area contributed by atoms with E-state index in [0.717, 1.165) is 24.6 Å². The molecule has 0 aromatic carbocycles. The lowest BCUT2D eigenvalue weighted by Crippen LogP contribution is -2.29. The number of nitrogens with zero attached hydrogens (tertiary/aromatic N) is 3. The first-order valence-corrected chi connectivity index (χ1v) is 6.39. The molecule has 0 spiro atoms. The van der Waals surface area contributed by atoms with Gasteiger partial charge in [0.05, 0.1) is 0 Å². The summed E-state index contributed by atoms with van der Waals surface area (Å²) in [7, 11) is 1.85. The fourth-order valence-electron chi connectivity index (χ4n) is 1.72. The molecule has 0 radical (unpaired) electrons. The van der Waals surface area contributed by atoms with Gasteiger partial charge in [0, 0.05) is 31.9 Å². The summed E-state index contributed by atoms with van der Waals surface area (Å²) in [5.74, 6) is 2.40. The molecule has 1 aromatic heterocycles. The topological polar surface area (TPSA) is 41.1 Å². The first-order valence-electron chi connectivity index (χ1n) is 6.39. The summed E-state index contributed by atoms with van der Waals surface area (Å²) in [4.78, 5) is 11.1. The minimum atomic E-state index is 0.684. The molecule has 0 aliphatic carbocycles. The molecule has 4 heteroatoms. The third-order valence-corrected chi connectivity index (χ3v) is 3.00. The molecule has 1 atom stereocenters. The van der Waals surface area contributed by atoms with Crippen molar-refractivity contribution in [1.82, 2.24) is 9.97 Å². The van der Waals surface area contributed by atoms with E-state index in [1.165, 1.54) is 6.42 Å². The average Bonchev–Trinajstić information content (AvgIpc) is 2.34. The summed E-state index contributed by atoms with van der Waals surface area (Å²) in [6, 6.07) is 2.05. The third kappa shape index (κ3) is 3.88. The van der Waals surface area contributed by atoms with Gasteiger partial charge in [0.2, 0.25) is 5.95 Å². The number of aryl methyl sites for hydroxylation is 1. The van der Waals surface area contributed by atoms with Crippen LogP contribution in [-0.4, -0.2) is 30.1 Å². The fourth-order valence-corrected chi connectivity index (χ4v) is 1.72. The van der Waals surface area contributed by atoms with Crippen molar-refractivity contribution in [2.24, 2.45) is 5.92 Å². The highest BCUT2D eigenvalue weighted by Crippen LogP contribution is 2.16. The molecule has 96 valence electrons. The van der Waals surface area contributed by atoms with Crippen LogP contribution in [0.5, 0.6) is 0 Å². The van der Waals surface area contributed by atoms with Gasteiger partial charge >= 0.3 is 0 Å². The number of hydrogen-bond acceptors (Lipinski definition) is 4. The quantitative estimate of drug-likeness (QED) is 0.824. The molecule has 0 amide bonds. The Kier molecular flexibility index (Phi) is 5.19. The van der Waals surface area contributed by atoms with Crippen LogP contribution in [0, 0.1) is 12.8 Å². The minimum absolute atomic E-state index is 0.684. The van der Waals surface area contributed by atoms with Gasteiger partial charge in [-0.15, -0.1) is 0 Å². The van der Waals surface area contributed by atoms with Crippen molar-refractivity contribution < 1.29 is 0 Å². The Balaban J connectivity index is 2.90. The average molecular weight is 236 g/mol. The van der Waals surface area contributed by atoms with Gasteiger partial charge in [0.25, 0.3) is 0 Å². The van der Waals surface area contributed by atoms with Gasteiger partial charge in [-0.25, -0.2) is 4.98 Å². The highest BCUT2D eigenvalue weighted by Gasteiger charge is 2.11. The molecule has 1 heterocycles. The smallest absolute Gasteiger partial charge is 0.224 e. The summed E-state index contributed by atoms with van der Waals surface area (Å²) in [5, 5.41) is 3.01. The monoisotopic (exact) mass is 236 g/mol. The van der Waals surface area contributed by atoms with Gasteiger partial charge in [-0.05, 0) is 19.8 Å². The van der Waals surface area contributed by atoms with E-state index < -0.39 is 0 Å². The van der Waals surface area contributed by atoms with Crippen LogP contribution in [0.4, 0.5) is 11.8 Å². The predicted octanol–water partition coefficient (Wildman–Crippen LogP) is 2.70. The normalized spacial score (nSPS) is 12.3. The number of rotatable bonds is 6.